The summed E-state index contributed by atoms with van der Waals surface area (Å²) in [5.41, 5.74) is 1.94. The molecule has 0 bridgehead atoms. The second kappa shape index (κ2) is 9.16. The van der Waals surface area contributed by atoms with Gasteiger partial charge in [-0.2, -0.15) is 0 Å². The number of carbonyl (C=O) groups is 1. The number of aliphatic hydroxyl groups excluding tert-OH is 1. The van der Waals surface area contributed by atoms with Gasteiger partial charge >= 0.3 is 0 Å². The SMILES string of the molecule is COc1cc(OC)c(Cc2ccc(C(=O)Nc3ccccc3CO)o2)c(OC)c1. The number of rotatable bonds is 8. The fourth-order valence-electron chi connectivity index (χ4n) is 2.99. The molecule has 0 aliphatic carbocycles. The van der Waals surface area contributed by atoms with E-state index in [9.17, 15) is 9.90 Å². The number of ether oxygens (including phenoxy) is 3. The second-order valence-corrected chi connectivity index (χ2v) is 6.22. The summed E-state index contributed by atoms with van der Waals surface area (Å²) >= 11 is 0. The summed E-state index contributed by atoms with van der Waals surface area (Å²) in [6.45, 7) is -0.170. The number of amides is 1. The summed E-state index contributed by atoms with van der Waals surface area (Å²) < 4.78 is 21.9. The summed E-state index contributed by atoms with van der Waals surface area (Å²) in [6, 6.07) is 13.9. The summed E-state index contributed by atoms with van der Waals surface area (Å²) in [5, 5.41) is 12.2. The Kier molecular flexibility index (Phi) is 6.41. The molecule has 0 atom stereocenters. The van der Waals surface area contributed by atoms with E-state index < -0.39 is 5.91 Å². The fraction of sp³-hybridized carbons (Fsp3) is 0.227. The summed E-state index contributed by atoms with van der Waals surface area (Å²) in [7, 11) is 4.70. The summed E-state index contributed by atoms with van der Waals surface area (Å²) in [4.78, 5) is 12.5. The number of hydrogen-bond acceptors (Lipinski definition) is 6. The lowest BCUT2D eigenvalue weighted by Crippen LogP contribution is -2.12. The number of para-hydroxylation sites is 1. The molecule has 3 aromatic rings. The molecule has 0 radical (unpaired) electrons. The highest BCUT2D eigenvalue weighted by Crippen LogP contribution is 2.35. The molecule has 2 aromatic carbocycles. The van der Waals surface area contributed by atoms with E-state index in [1.807, 2.05) is 0 Å². The van der Waals surface area contributed by atoms with Crippen LogP contribution in [-0.4, -0.2) is 32.3 Å². The van der Waals surface area contributed by atoms with Crippen LogP contribution in [0.3, 0.4) is 0 Å². The molecule has 7 nitrogen and oxygen atoms in total. The zero-order valence-corrected chi connectivity index (χ0v) is 16.5. The van der Waals surface area contributed by atoms with E-state index in [0.717, 1.165) is 5.56 Å². The first-order chi connectivity index (χ1) is 14.1. The van der Waals surface area contributed by atoms with Crippen molar-refractivity contribution in [1.29, 1.82) is 0 Å². The summed E-state index contributed by atoms with van der Waals surface area (Å²) in [6.07, 6.45) is 0.372. The molecule has 1 amide bonds. The van der Waals surface area contributed by atoms with Crippen LogP contribution in [0.1, 0.15) is 27.4 Å². The van der Waals surface area contributed by atoms with Gasteiger partial charge in [0.25, 0.3) is 5.91 Å². The number of nitrogens with one attached hydrogen (secondary N) is 1. The van der Waals surface area contributed by atoms with Crippen LogP contribution in [0.4, 0.5) is 5.69 Å². The van der Waals surface area contributed by atoms with Gasteiger partial charge in [-0.05, 0) is 18.2 Å². The van der Waals surface area contributed by atoms with Crippen LogP contribution >= 0.6 is 0 Å². The number of benzene rings is 2. The Morgan fingerprint density at radius 3 is 2.31 bits per heavy atom. The Balaban J connectivity index is 1.81. The number of furan rings is 1. The third-order valence-electron chi connectivity index (χ3n) is 4.49. The van der Waals surface area contributed by atoms with Crippen molar-refractivity contribution in [3.63, 3.8) is 0 Å². The molecule has 0 aliphatic heterocycles. The van der Waals surface area contributed by atoms with Gasteiger partial charge in [0.05, 0.1) is 27.9 Å². The minimum atomic E-state index is -0.397. The molecular formula is C22H23NO6. The molecule has 0 aliphatic rings. The van der Waals surface area contributed by atoms with Gasteiger partial charge in [0.15, 0.2) is 5.76 Å². The maximum absolute atomic E-state index is 12.5. The monoisotopic (exact) mass is 397 g/mol. The van der Waals surface area contributed by atoms with E-state index in [1.165, 1.54) is 0 Å². The first-order valence-electron chi connectivity index (χ1n) is 8.97. The van der Waals surface area contributed by atoms with Gasteiger partial charge in [0, 0.05) is 35.4 Å². The Hall–Kier alpha value is -3.45. The van der Waals surface area contributed by atoms with Crippen molar-refractivity contribution < 1.29 is 28.5 Å². The summed E-state index contributed by atoms with van der Waals surface area (Å²) in [5.74, 6) is 2.16. The Bertz CT molecular complexity index is 969. The number of methoxy groups -OCH3 is 3. The standard InChI is InChI=1S/C22H23NO6/c1-26-16-11-20(27-2)17(21(12-16)28-3)10-15-8-9-19(29-15)22(25)23-18-7-5-4-6-14(18)13-24/h4-9,11-12,24H,10,13H2,1-3H3,(H,23,25). The molecule has 3 rings (SSSR count). The highest BCUT2D eigenvalue weighted by atomic mass is 16.5. The molecule has 0 unspecified atom stereocenters. The molecule has 2 N–H and O–H groups in total. The van der Waals surface area contributed by atoms with Crippen molar-refractivity contribution in [3.8, 4) is 17.2 Å². The van der Waals surface area contributed by atoms with Gasteiger partial charge in [-0.1, -0.05) is 18.2 Å². The van der Waals surface area contributed by atoms with E-state index in [1.54, 1.807) is 69.9 Å². The lowest BCUT2D eigenvalue weighted by Gasteiger charge is -2.14. The lowest BCUT2D eigenvalue weighted by molar-refractivity contribution is 0.0995. The zero-order chi connectivity index (χ0) is 20.8. The van der Waals surface area contributed by atoms with Crippen LogP contribution in [0.25, 0.3) is 0 Å². The third-order valence-corrected chi connectivity index (χ3v) is 4.49. The maximum atomic E-state index is 12.5. The van der Waals surface area contributed by atoms with Gasteiger partial charge in [0.1, 0.15) is 23.0 Å². The predicted molar refractivity (Wildman–Crippen MR) is 108 cm³/mol. The van der Waals surface area contributed by atoms with E-state index in [2.05, 4.69) is 5.32 Å². The zero-order valence-electron chi connectivity index (χ0n) is 16.5. The van der Waals surface area contributed by atoms with Crippen LogP contribution in [0.5, 0.6) is 17.2 Å². The van der Waals surface area contributed by atoms with Crippen molar-refractivity contribution in [2.45, 2.75) is 13.0 Å². The Labute approximate surface area is 168 Å². The largest absolute Gasteiger partial charge is 0.496 e. The molecule has 0 spiro atoms. The van der Waals surface area contributed by atoms with Crippen molar-refractivity contribution in [1.82, 2.24) is 0 Å². The topological polar surface area (TPSA) is 90.2 Å². The van der Waals surface area contributed by atoms with E-state index in [-0.39, 0.29) is 12.4 Å². The van der Waals surface area contributed by atoms with Gasteiger partial charge < -0.3 is 29.1 Å². The van der Waals surface area contributed by atoms with Gasteiger partial charge in [0.2, 0.25) is 0 Å². The molecule has 1 aromatic heterocycles. The molecule has 152 valence electrons. The van der Waals surface area contributed by atoms with Crippen molar-refractivity contribution >= 4 is 11.6 Å². The lowest BCUT2D eigenvalue weighted by atomic mass is 10.1. The van der Waals surface area contributed by atoms with Crippen molar-refractivity contribution in [2.75, 3.05) is 26.6 Å². The molecule has 7 heteroatoms. The first kappa shape index (κ1) is 20.3. The Morgan fingerprint density at radius 2 is 1.69 bits per heavy atom. The fourth-order valence-corrected chi connectivity index (χ4v) is 2.99. The normalized spacial score (nSPS) is 10.5. The maximum Gasteiger partial charge on any atom is 0.291 e. The second-order valence-electron chi connectivity index (χ2n) is 6.22. The molecular weight excluding hydrogens is 374 g/mol. The van der Waals surface area contributed by atoms with Crippen molar-refractivity contribution in [3.05, 3.63) is 71.2 Å². The highest BCUT2D eigenvalue weighted by Gasteiger charge is 2.18. The number of anilines is 1. The minimum absolute atomic E-state index is 0.166. The van der Waals surface area contributed by atoms with E-state index in [0.29, 0.717) is 40.7 Å². The van der Waals surface area contributed by atoms with Crippen LogP contribution in [0, 0.1) is 0 Å². The highest BCUT2D eigenvalue weighted by molar-refractivity contribution is 6.02. The third kappa shape index (κ3) is 4.52. The van der Waals surface area contributed by atoms with Crippen LogP contribution in [-0.2, 0) is 13.0 Å². The van der Waals surface area contributed by atoms with E-state index >= 15 is 0 Å². The number of aliphatic hydroxyl groups is 1. The molecule has 0 saturated carbocycles. The average Bonchev–Trinajstić information content (AvgIpc) is 3.23. The van der Waals surface area contributed by atoms with Gasteiger partial charge in [-0.15, -0.1) is 0 Å². The molecule has 0 fully saturated rings. The number of carbonyl (C=O) groups excluding carboxylic acids is 1. The minimum Gasteiger partial charge on any atom is -0.496 e. The molecule has 1 heterocycles. The van der Waals surface area contributed by atoms with Gasteiger partial charge in [-0.3, -0.25) is 4.79 Å². The number of hydrogen-bond donors (Lipinski definition) is 2. The van der Waals surface area contributed by atoms with Crippen LogP contribution in [0.2, 0.25) is 0 Å². The van der Waals surface area contributed by atoms with E-state index in [4.69, 9.17) is 18.6 Å². The van der Waals surface area contributed by atoms with Crippen LogP contribution < -0.4 is 19.5 Å². The molecule has 0 saturated heterocycles. The van der Waals surface area contributed by atoms with Gasteiger partial charge in [-0.25, -0.2) is 0 Å². The predicted octanol–water partition coefficient (Wildman–Crippen LogP) is 3.64. The molecule has 29 heavy (non-hydrogen) atoms. The van der Waals surface area contributed by atoms with Crippen molar-refractivity contribution in [2.24, 2.45) is 0 Å². The Morgan fingerprint density at radius 1 is 1.00 bits per heavy atom. The first-order valence-corrected chi connectivity index (χ1v) is 8.97. The quantitative estimate of drug-likeness (QED) is 0.603. The van der Waals surface area contributed by atoms with Crippen LogP contribution in [0.15, 0.2) is 52.9 Å². The smallest absolute Gasteiger partial charge is 0.291 e. The average molecular weight is 397 g/mol.